The summed E-state index contributed by atoms with van der Waals surface area (Å²) < 4.78 is 1.39. The van der Waals surface area contributed by atoms with E-state index in [9.17, 15) is 9.59 Å². The van der Waals surface area contributed by atoms with Crippen LogP contribution in [0, 0.1) is 5.92 Å². The molecule has 1 aliphatic rings. The smallest absolute Gasteiger partial charge is 0.276 e. The van der Waals surface area contributed by atoms with Crippen LogP contribution < -0.4 is 5.73 Å². The molecule has 0 radical (unpaired) electrons. The number of benzene rings is 1. The molecule has 2 aromatic rings. The minimum absolute atomic E-state index is 0.0609. The van der Waals surface area contributed by atoms with Crippen LogP contribution >= 0.6 is 0 Å². The summed E-state index contributed by atoms with van der Waals surface area (Å²) in [5, 5.41) is 7.84. The van der Waals surface area contributed by atoms with E-state index in [4.69, 9.17) is 5.73 Å². The van der Waals surface area contributed by atoms with Crippen LogP contribution in [0.2, 0.25) is 0 Å². The Morgan fingerprint density at radius 2 is 1.96 bits per heavy atom. The Balaban J connectivity index is 1.71. The molecule has 0 saturated carbocycles. The van der Waals surface area contributed by atoms with Crippen molar-refractivity contribution in [3.63, 3.8) is 0 Å². The van der Waals surface area contributed by atoms with E-state index in [-0.39, 0.29) is 35.9 Å². The van der Waals surface area contributed by atoms with Crippen molar-refractivity contribution in [2.45, 2.75) is 12.5 Å². The van der Waals surface area contributed by atoms with Gasteiger partial charge in [0.1, 0.15) is 6.54 Å². The lowest BCUT2D eigenvalue weighted by Crippen LogP contribution is -2.30. The number of likely N-dealkylation sites (N-methyl/N-ethyl adjacent to an activating group) is 1. The van der Waals surface area contributed by atoms with E-state index in [0.717, 1.165) is 0 Å². The molecule has 1 aliphatic heterocycles. The van der Waals surface area contributed by atoms with E-state index in [1.54, 1.807) is 19.0 Å². The van der Waals surface area contributed by atoms with Crippen LogP contribution in [0.15, 0.2) is 36.5 Å². The highest BCUT2D eigenvalue weighted by Gasteiger charge is 2.36. The van der Waals surface area contributed by atoms with E-state index in [0.29, 0.717) is 19.6 Å². The molecule has 138 valence electrons. The molecule has 0 bridgehead atoms. The van der Waals surface area contributed by atoms with Crippen molar-refractivity contribution in [2.24, 2.45) is 11.7 Å². The second kappa shape index (κ2) is 7.65. The summed E-state index contributed by atoms with van der Waals surface area (Å²) in [5.41, 5.74) is 7.38. The van der Waals surface area contributed by atoms with Gasteiger partial charge in [-0.25, -0.2) is 4.68 Å². The lowest BCUT2D eigenvalue weighted by molar-refractivity contribution is -0.129. The number of hydrogen-bond donors (Lipinski definition) is 1. The molecule has 26 heavy (non-hydrogen) atoms. The molecule has 2 amide bonds. The number of nitrogens with zero attached hydrogens (tertiary/aromatic N) is 5. The number of amides is 2. The SMILES string of the molecule is CN(C)C(=O)Cn1cc(C(=O)N2C[C@@H](CN)[C@H](c3ccccc3)C2)nn1. The molecule has 1 saturated heterocycles. The maximum Gasteiger partial charge on any atom is 0.276 e. The van der Waals surface area contributed by atoms with Crippen LogP contribution in [0.4, 0.5) is 0 Å². The molecule has 8 heteroatoms. The van der Waals surface area contributed by atoms with Crippen molar-refractivity contribution in [1.82, 2.24) is 24.8 Å². The number of hydrogen-bond acceptors (Lipinski definition) is 5. The normalized spacial score (nSPS) is 19.6. The Hall–Kier alpha value is -2.74. The summed E-state index contributed by atoms with van der Waals surface area (Å²) in [6.45, 7) is 1.78. The van der Waals surface area contributed by atoms with Gasteiger partial charge in [0.05, 0.1) is 6.20 Å². The van der Waals surface area contributed by atoms with Gasteiger partial charge in [-0.3, -0.25) is 9.59 Å². The van der Waals surface area contributed by atoms with Gasteiger partial charge in [0, 0.05) is 33.1 Å². The van der Waals surface area contributed by atoms with Crippen LogP contribution in [0.1, 0.15) is 22.0 Å². The summed E-state index contributed by atoms with van der Waals surface area (Å²) >= 11 is 0. The second-order valence-corrected chi connectivity index (χ2v) is 6.81. The summed E-state index contributed by atoms with van der Waals surface area (Å²) in [5.74, 6) is 0.148. The molecule has 0 unspecified atom stereocenters. The average molecular weight is 356 g/mol. The molecule has 2 N–H and O–H groups in total. The van der Waals surface area contributed by atoms with Crippen molar-refractivity contribution in [3.8, 4) is 0 Å². The molecular weight excluding hydrogens is 332 g/mol. The van der Waals surface area contributed by atoms with Crippen LogP contribution in [0.3, 0.4) is 0 Å². The van der Waals surface area contributed by atoms with Crippen molar-refractivity contribution < 1.29 is 9.59 Å². The summed E-state index contributed by atoms with van der Waals surface area (Å²) in [4.78, 5) is 27.8. The third-order valence-electron chi connectivity index (χ3n) is 4.81. The van der Waals surface area contributed by atoms with E-state index in [1.165, 1.54) is 21.3 Å². The van der Waals surface area contributed by atoms with E-state index in [2.05, 4.69) is 22.4 Å². The Morgan fingerprint density at radius 1 is 1.23 bits per heavy atom. The first kappa shape index (κ1) is 18.1. The van der Waals surface area contributed by atoms with Gasteiger partial charge in [0.25, 0.3) is 5.91 Å². The van der Waals surface area contributed by atoms with Crippen LogP contribution in [-0.4, -0.2) is 70.3 Å². The summed E-state index contributed by atoms with van der Waals surface area (Å²) in [7, 11) is 3.35. The van der Waals surface area contributed by atoms with Gasteiger partial charge >= 0.3 is 0 Å². The molecule has 1 fully saturated rings. The van der Waals surface area contributed by atoms with Crippen LogP contribution in [0.25, 0.3) is 0 Å². The zero-order chi connectivity index (χ0) is 18.7. The zero-order valence-electron chi connectivity index (χ0n) is 15.1. The Morgan fingerprint density at radius 3 is 2.62 bits per heavy atom. The fourth-order valence-electron chi connectivity index (χ4n) is 3.27. The molecule has 1 aromatic heterocycles. The fraction of sp³-hybridized carbons (Fsp3) is 0.444. The molecule has 1 aromatic carbocycles. The average Bonchev–Trinajstić information content (AvgIpc) is 3.28. The monoisotopic (exact) mass is 356 g/mol. The van der Waals surface area contributed by atoms with Gasteiger partial charge in [0.15, 0.2) is 5.69 Å². The van der Waals surface area contributed by atoms with Crippen LogP contribution in [-0.2, 0) is 11.3 Å². The quantitative estimate of drug-likeness (QED) is 0.824. The summed E-state index contributed by atoms with van der Waals surface area (Å²) in [6, 6.07) is 10.1. The number of carbonyl (C=O) groups is 2. The van der Waals surface area contributed by atoms with E-state index >= 15 is 0 Å². The maximum atomic E-state index is 12.8. The predicted octanol–water partition coefficient (Wildman–Crippen LogP) is 0.181. The lowest BCUT2D eigenvalue weighted by atomic mass is 9.89. The molecule has 2 heterocycles. The molecule has 2 atom stereocenters. The first-order chi connectivity index (χ1) is 12.5. The highest BCUT2D eigenvalue weighted by molar-refractivity contribution is 5.92. The largest absolute Gasteiger partial charge is 0.347 e. The molecule has 0 aliphatic carbocycles. The third-order valence-corrected chi connectivity index (χ3v) is 4.81. The van der Waals surface area contributed by atoms with Crippen molar-refractivity contribution >= 4 is 11.8 Å². The fourth-order valence-corrected chi connectivity index (χ4v) is 3.27. The van der Waals surface area contributed by atoms with E-state index in [1.807, 2.05) is 18.2 Å². The van der Waals surface area contributed by atoms with Gasteiger partial charge in [-0.2, -0.15) is 0 Å². The predicted molar refractivity (Wildman–Crippen MR) is 96.3 cm³/mol. The van der Waals surface area contributed by atoms with Crippen LogP contribution in [0.5, 0.6) is 0 Å². The lowest BCUT2D eigenvalue weighted by Gasteiger charge is -2.16. The topological polar surface area (TPSA) is 97.4 Å². The van der Waals surface area contributed by atoms with Gasteiger partial charge in [0.2, 0.25) is 5.91 Å². The van der Waals surface area contributed by atoms with E-state index < -0.39 is 0 Å². The first-order valence-electron chi connectivity index (χ1n) is 8.64. The van der Waals surface area contributed by atoms with Crippen molar-refractivity contribution in [2.75, 3.05) is 33.7 Å². The molecule has 3 rings (SSSR count). The van der Waals surface area contributed by atoms with Gasteiger partial charge in [-0.1, -0.05) is 35.5 Å². The number of nitrogens with two attached hydrogens (primary N) is 1. The number of rotatable bonds is 5. The first-order valence-corrected chi connectivity index (χ1v) is 8.64. The number of likely N-dealkylation sites (tertiary alicyclic amines) is 1. The standard InChI is InChI=1S/C18H24N6O2/c1-22(2)17(25)12-24-11-16(20-21-24)18(26)23-9-14(8-19)15(10-23)13-6-4-3-5-7-13/h3-7,11,14-15H,8-10,12,19H2,1-2H3/t14-,15+/m1/s1. The second-order valence-electron chi connectivity index (χ2n) is 6.81. The zero-order valence-corrected chi connectivity index (χ0v) is 15.1. The highest BCUT2D eigenvalue weighted by atomic mass is 16.2. The van der Waals surface area contributed by atoms with Crippen molar-refractivity contribution in [1.29, 1.82) is 0 Å². The Kier molecular flexibility index (Phi) is 5.32. The maximum absolute atomic E-state index is 12.8. The number of aromatic nitrogens is 3. The number of carbonyl (C=O) groups excluding carboxylic acids is 2. The Bertz CT molecular complexity index is 773. The highest BCUT2D eigenvalue weighted by Crippen LogP contribution is 2.32. The third kappa shape index (κ3) is 3.75. The molecule has 8 nitrogen and oxygen atoms in total. The summed E-state index contributed by atoms with van der Waals surface area (Å²) in [6.07, 6.45) is 1.52. The molecule has 0 spiro atoms. The van der Waals surface area contributed by atoms with Crippen molar-refractivity contribution in [3.05, 3.63) is 47.8 Å². The Labute approximate surface area is 152 Å². The van der Waals surface area contributed by atoms with Gasteiger partial charge in [-0.15, -0.1) is 5.10 Å². The minimum Gasteiger partial charge on any atom is -0.347 e. The molecular formula is C18H24N6O2. The minimum atomic E-state index is -0.176. The van der Waals surface area contributed by atoms with Gasteiger partial charge in [-0.05, 0) is 18.0 Å². The van der Waals surface area contributed by atoms with Gasteiger partial charge < -0.3 is 15.5 Å².